The molecule has 5 rings (SSSR count). The molecule has 2 aliphatic rings. The molecule has 11 nitrogen and oxygen atoms in total. The summed E-state index contributed by atoms with van der Waals surface area (Å²) in [5, 5.41) is 15.5. The zero-order valence-electron chi connectivity index (χ0n) is 19.6. The van der Waals surface area contributed by atoms with E-state index >= 15 is 0 Å². The molecule has 0 aliphatic carbocycles. The summed E-state index contributed by atoms with van der Waals surface area (Å²) >= 11 is 0. The highest BCUT2D eigenvalue weighted by atomic mass is 16.6. The zero-order chi connectivity index (χ0) is 25.2. The number of amides is 1. The maximum absolute atomic E-state index is 13.3. The fraction of sp³-hybridized carbons (Fsp3) is 0.280. The number of hydrogen-bond donors (Lipinski definition) is 3. The highest BCUT2D eigenvalue weighted by molar-refractivity contribution is 5.98. The Balaban J connectivity index is 1.50. The van der Waals surface area contributed by atoms with Gasteiger partial charge in [-0.15, -0.1) is 0 Å². The molecule has 0 saturated heterocycles. The van der Waals surface area contributed by atoms with Gasteiger partial charge in [0.25, 0.3) is 5.56 Å². The number of para-hydroxylation sites is 1. The van der Waals surface area contributed by atoms with Gasteiger partial charge in [0.05, 0.1) is 25.9 Å². The molecule has 1 aromatic heterocycles. The second-order valence-corrected chi connectivity index (χ2v) is 8.16. The Morgan fingerprint density at radius 1 is 1.14 bits per heavy atom. The third kappa shape index (κ3) is 4.02. The van der Waals surface area contributed by atoms with E-state index < -0.39 is 23.3 Å². The van der Waals surface area contributed by atoms with Crippen molar-refractivity contribution in [3.8, 4) is 29.1 Å². The van der Waals surface area contributed by atoms with Crippen molar-refractivity contribution in [2.75, 3.05) is 38.1 Å². The fourth-order valence-electron chi connectivity index (χ4n) is 4.47. The van der Waals surface area contributed by atoms with Gasteiger partial charge >= 0.3 is 0 Å². The van der Waals surface area contributed by atoms with E-state index in [1.54, 1.807) is 18.2 Å². The molecular weight excluding hydrogens is 466 g/mol. The number of H-pyrrole nitrogens is 1. The first-order valence-corrected chi connectivity index (χ1v) is 11.2. The molecule has 2 atom stereocenters. The number of methoxy groups -OCH3 is 2. The minimum Gasteiger partial charge on any atom is -0.493 e. The number of fused-ring (bicyclic) bond motifs is 2. The quantitative estimate of drug-likeness (QED) is 0.475. The predicted octanol–water partition coefficient (Wildman–Crippen LogP) is 2.39. The van der Waals surface area contributed by atoms with Gasteiger partial charge in [0.2, 0.25) is 11.9 Å². The van der Waals surface area contributed by atoms with Crippen molar-refractivity contribution in [1.82, 2.24) is 9.97 Å². The summed E-state index contributed by atoms with van der Waals surface area (Å²) in [5.41, 5.74) is 1.04. The molecule has 0 radical (unpaired) electrons. The summed E-state index contributed by atoms with van der Waals surface area (Å²) in [7, 11) is 2.94. The standard InChI is InChI=1S/C25H23N5O6/c1-33-17-5-3-4-14(21(17)34-2)19-15(11-26)23(31)28-22-20(19)24(32)30-25(29-22)27-12-13-6-7-16-18(10-13)36-9-8-35-16/h3-7,10,15,19H,8-9,12H2,1-2H3,(H3,27,28,29,30,31,32). The maximum atomic E-state index is 13.3. The van der Waals surface area contributed by atoms with Crippen LogP contribution in [0.1, 0.15) is 22.6 Å². The lowest BCUT2D eigenvalue weighted by atomic mass is 9.78. The first-order valence-electron chi connectivity index (χ1n) is 11.2. The van der Waals surface area contributed by atoms with Crippen molar-refractivity contribution in [3.05, 3.63) is 63.4 Å². The number of nitrogens with zero attached hydrogens (tertiary/aromatic N) is 2. The molecule has 3 heterocycles. The van der Waals surface area contributed by atoms with Crippen LogP contribution in [-0.4, -0.2) is 43.3 Å². The van der Waals surface area contributed by atoms with Crippen LogP contribution in [0.5, 0.6) is 23.0 Å². The molecule has 1 amide bonds. The second-order valence-electron chi connectivity index (χ2n) is 8.16. The molecule has 0 fully saturated rings. The Bertz CT molecular complexity index is 1430. The summed E-state index contributed by atoms with van der Waals surface area (Å²) in [6.45, 7) is 1.32. The Kier molecular flexibility index (Phi) is 6.08. The smallest absolute Gasteiger partial charge is 0.258 e. The van der Waals surface area contributed by atoms with Crippen molar-refractivity contribution >= 4 is 17.7 Å². The highest BCUT2D eigenvalue weighted by Crippen LogP contribution is 2.44. The number of aromatic nitrogens is 2. The Morgan fingerprint density at radius 2 is 1.94 bits per heavy atom. The second kappa shape index (κ2) is 9.50. The molecule has 36 heavy (non-hydrogen) atoms. The number of nitriles is 1. The number of rotatable bonds is 6. The monoisotopic (exact) mass is 489 g/mol. The van der Waals surface area contributed by atoms with E-state index in [2.05, 4.69) is 20.6 Å². The van der Waals surface area contributed by atoms with Gasteiger partial charge in [-0.05, 0) is 23.8 Å². The molecule has 0 spiro atoms. The van der Waals surface area contributed by atoms with E-state index in [1.807, 2.05) is 24.3 Å². The van der Waals surface area contributed by atoms with Crippen LogP contribution in [0, 0.1) is 17.2 Å². The van der Waals surface area contributed by atoms with E-state index in [4.69, 9.17) is 18.9 Å². The van der Waals surface area contributed by atoms with Crippen LogP contribution in [-0.2, 0) is 11.3 Å². The highest BCUT2D eigenvalue weighted by Gasteiger charge is 2.42. The van der Waals surface area contributed by atoms with Gasteiger partial charge in [-0.3, -0.25) is 14.6 Å². The van der Waals surface area contributed by atoms with Crippen molar-refractivity contribution < 1.29 is 23.7 Å². The minimum absolute atomic E-state index is 0.0785. The summed E-state index contributed by atoms with van der Waals surface area (Å²) in [6.07, 6.45) is 0. The van der Waals surface area contributed by atoms with Crippen molar-refractivity contribution in [2.45, 2.75) is 12.5 Å². The zero-order valence-corrected chi connectivity index (χ0v) is 19.6. The van der Waals surface area contributed by atoms with Crippen molar-refractivity contribution in [2.24, 2.45) is 5.92 Å². The molecule has 3 N–H and O–H groups in total. The summed E-state index contributed by atoms with van der Waals surface area (Å²) in [6, 6.07) is 12.7. The number of nitrogens with one attached hydrogen (secondary N) is 3. The van der Waals surface area contributed by atoms with Gasteiger partial charge in [0.15, 0.2) is 23.0 Å². The average molecular weight is 489 g/mol. The molecule has 2 unspecified atom stereocenters. The number of aromatic amines is 1. The molecule has 3 aromatic rings. The van der Waals surface area contributed by atoms with Crippen LogP contribution >= 0.6 is 0 Å². The Labute approximate surface area is 206 Å². The molecule has 11 heteroatoms. The van der Waals surface area contributed by atoms with E-state index in [1.165, 1.54) is 14.2 Å². The number of hydrogen-bond acceptors (Lipinski definition) is 9. The van der Waals surface area contributed by atoms with Gasteiger partial charge in [-0.1, -0.05) is 18.2 Å². The maximum Gasteiger partial charge on any atom is 0.258 e. The first-order chi connectivity index (χ1) is 17.5. The van der Waals surface area contributed by atoms with Gasteiger partial charge in [0, 0.05) is 18.0 Å². The summed E-state index contributed by atoms with van der Waals surface area (Å²) < 4.78 is 22.0. The predicted molar refractivity (Wildman–Crippen MR) is 129 cm³/mol. The molecule has 2 aliphatic heterocycles. The van der Waals surface area contributed by atoms with E-state index in [0.29, 0.717) is 48.3 Å². The largest absolute Gasteiger partial charge is 0.493 e. The molecule has 0 bridgehead atoms. The molecule has 184 valence electrons. The van der Waals surface area contributed by atoms with Gasteiger partial charge in [0.1, 0.15) is 24.9 Å². The number of carbonyl (C=O) groups excluding carboxylic acids is 1. The lowest BCUT2D eigenvalue weighted by Gasteiger charge is -2.29. The first kappa shape index (κ1) is 23.0. The number of anilines is 2. The van der Waals surface area contributed by atoms with Crippen LogP contribution in [0.4, 0.5) is 11.8 Å². The summed E-state index contributed by atoms with van der Waals surface area (Å²) in [5.74, 6) is -0.306. The lowest BCUT2D eigenvalue weighted by molar-refractivity contribution is -0.119. The topological polar surface area (TPSA) is 148 Å². The average Bonchev–Trinajstić information content (AvgIpc) is 2.90. The van der Waals surface area contributed by atoms with Crippen LogP contribution in [0.3, 0.4) is 0 Å². The fourth-order valence-corrected chi connectivity index (χ4v) is 4.47. The normalized spacial score (nSPS) is 17.9. The van der Waals surface area contributed by atoms with Crippen molar-refractivity contribution in [1.29, 1.82) is 5.26 Å². The SMILES string of the molecule is COc1cccc(C2c3c(nc(NCc4ccc5c(c4)OCCO5)[nH]c3=O)NC(=O)C2C#N)c1OC. The van der Waals surface area contributed by atoms with Crippen molar-refractivity contribution in [3.63, 3.8) is 0 Å². The minimum atomic E-state index is -1.17. The lowest BCUT2D eigenvalue weighted by Crippen LogP contribution is -2.38. The van der Waals surface area contributed by atoms with Gasteiger partial charge in [-0.2, -0.15) is 10.2 Å². The third-order valence-corrected chi connectivity index (χ3v) is 6.10. The van der Waals surface area contributed by atoms with Crippen LogP contribution < -0.4 is 35.1 Å². The summed E-state index contributed by atoms with van der Waals surface area (Å²) in [4.78, 5) is 33.3. The number of ether oxygens (including phenoxy) is 4. The number of carbonyl (C=O) groups is 1. The molecule has 0 saturated carbocycles. The van der Waals surface area contributed by atoms with Gasteiger partial charge < -0.3 is 29.6 Å². The van der Waals surface area contributed by atoms with E-state index in [0.717, 1.165) is 5.56 Å². The number of benzene rings is 2. The van der Waals surface area contributed by atoms with E-state index in [-0.39, 0.29) is 17.3 Å². The third-order valence-electron chi connectivity index (χ3n) is 6.10. The van der Waals surface area contributed by atoms with Crippen LogP contribution in [0.15, 0.2) is 41.2 Å². The Morgan fingerprint density at radius 3 is 2.69 bits per heavy atom. The molecule has 2 aromatic carbocycles. The Hall–Kier alpha value is -4.72. The van der Waals surface area contributed by atoms with E-state index in [9.17, 15) is 14.9 Å². The van der Waals surface area contributed by atoms with Crippen LogP contribution in [0.25, 0.3) is 0 Å². The van der Waals surface area contributed by atoms with Crippen LogP contribution in [0.2, 0.25) is 0 Å². The van der Waals surface area contributed by atoms with Gasteiger partial charge in [-0.25, -0.2) is 0 Å². The molecular formula is C25H23N5O6.